The molecular formula is C25H22N2O4. The summed E-state index contributed by atoms with van der Waals surface area (Å²) in [6.45, 7) is 1.88. The largest absolute Gasteiger partial charge is 0.465 e. The van der Waals surface area contributed by atoms with Crippen LogP contribution in [0.3, 0.4) is 0 Å². The van der Waals surface area contributed by atoms with Crippen molar-refractivity contribution in [2.24, 2.45) is 0 Å². The van der Waals surface area contributed by atoms with Crippen molar-refractivity contribution in [2.75, 3.05) is 12.4 Å². The van der Waals surface area contributed by atoms with Gasteiger partial charge in [0.15, 0.2) is 5.78 Å². The van der Waals surface area contributed by atoms with Gasteiger partial charge in [-0.25, -0.2) is 4.79 Å². The average molecular weight is 414 g/mol. The van der Waals surface area contributed by atoms with Crippen LogP contribution in [0.25, 0.3) is 0 Å². The summed E-state index contributed by atoms with van der Waals surface area (Å²) in [4.78, 5) is 25.3. The molecule has 2 heterocycles. The molecule has 156 valence electrons. The van der Waals surface area contributed by atoms with Crippen LogP contribution in [0, 0.1) is 6.92 Å². The van der Waals surface area contributed by atoms with Crippen molar-refractivity contribution < 1.29 is 18.8 Å². The van der Waals surface area contributed by atoms with Crippen molar-refractivity contribution >= 4 is 17.6 Å². The van der Waals surface area contributed by atoms with E-state index in [0.717, 1.165) is 40.1 Å². The van der Waals surface area contributed by atoms with Gasteiger partial charge in [-0.1, -0.05) is 47.6 Å². The molecule has 1 aromatic heterocycles. The predicted octanol–water partition coefficient (Wildman–Crippen LogP) is 4.73. The number of carbonyl (C=O) groups is 2. The molecule has 0 radical (unpaired) electrons. The molecule has 6 heteroatoms. The number of aromatic nitrogens is 1. The minimum atomic E-state index is -0.391. The summed E-state index contributed by atoms with van der Waals surface area (Å²) >= 11 is 0. The van der Waals surface area contributed by atoms with Gasteiger partial charge < -0.3 is 14.6 Å². The van der Waals surface area contributed by atoms with Crippen molar-refractivity contribution in [1.82, 2.24) is 5.16 Å². The van der Waals surface area contributed by atoms with Gasteiger partial charge in [-0.15, -0.1) is 0 Å². The molecule has 0 saturated heterocycles. The zero-order valence-electron chi connectivity index (χ0n) is 17.3. The van der Waals surface area contributed by atoms with Crippen molar-refractivity contribution in [3.8, 4) is 0 Å². The quantitative estimate of drug-likeness (QED) is 0.624. The number of methoxy groups -OCH3 is 1. The smallest absolute Gasteiger partial charge is 0.337 e. The topological polar surface area (TPSA) is 81.4 Å². The van der Waals surface area contributed by atoms with Crippen LogP contribution in [-0.2, 0) is 9.53 Å². The van der Waals surface area contributed by atoms with E-state index in [1.54, 1.807) is 12.1 Å². The number of esters is 1. The number of fused-ring (bicyclic) bond motifs is 1. The van der Waals surface area contributed by atoms with Crippen molar-refractivity contribution in [3.63, 3.8) is 0 Å². The fourth-order valence-electron chi connectivity index (χ4n) is 4.70. The number of nitrogens with one attached hydrogen (secondary N) is 1. The number of ketones is 1. The monoisotopic (exact) mass is 414 g/mol. The molecule has 0 unspecified atom stereocenters. The van der Waals surface area contributed by atoms with E-state index >= 15 is 0 Å². The first kappa shape index (κ1) is 19.3. The lowest BCUT2D eigenvalue weighted by molar-refractivity contribution is -0.116. The standard InChI is InChI=1S/C25H22N2O4/c1-14-21-22(16-8-10-17(11-9-16)25(29)30-2)23-19(26-24(21)31-27-14)12-18(13-20(23)28)15-6-4-3-5-7-15/h3-11,18,22,26H,12-13H2,1-2H3/t18-,22-/m1/s1. The highest BCUT2D eigenvalue weighted by Crippen LogP contribution is 2.48. The first-order valence-corrected chi connectivity index (χ1v) is 10.3. The van der Waals surface area contributed by atoms with Crippen LogP contribution in [-0.4, -0.2) is 24.0 Å². The second-order valence-corrected chi connectivity index (χ2v) is 8.01. The third kappa shape index (κ3) is 3.24. The number of Topliss-reactive ketones (excluding diaryl/α,β-unsaturated/α-hetero) is 1. The van der Waals surface area contributed by atoms with Gasteiger partial charge in [0.1, 0.15) is 0 Å². The number of nitrogens with zero attached hydrogens (tertiary/aromatic N) is 1. The number of allylic oxidation sites excluding steroid dienone is 2. The van der Waals surface area contributed by atoms with E-state index in [2.05, 4.69) is 22.6 Å². The zero-order chi connectivity index (χ0) is 21.5. The molecule has 0 spiro atoms. The van der Waals surface area contributed by atoms with E-state index in [1.807, 2.05) is 37.3 Å². The maximum absolute atomic E-state index is 13.4. The molecule has 0 fully saturated rings. The summed E-state index contributed by atoms with van der Waals surface area (Å²) in [6.07, 6.45) is 1.18. The van der Waals surface area contributed by atoms with Gasteiger partial charge in [-0.3, -0.25) is 4.79 Å². The predicted molar refractivity (Wildman–Crippen MR) is 115 cm³/mol. The van der Waals surface area contributed by atoms with Gasteiger partial charge in [0.2, 0.25) is 5.88 Å². The molecular weight excluding hydrogens is 392 g/mol. The Bertz CT molecular complexity index is 1190. The van der Waals surface area contributed by atoms with Crippen LogP contribution >= 0.6 is 0 Å². The SMILES string of the molecule is COC(=O)c1ccc([C@H]2C3=C(C[C@@H](c4ccccc4)CC3=O)Nc3onc(C)c32)cc1. The third-order valence-corrected chi connectivity index (χ3v) is 6.19. The maximum Gasteiger partial charge on any atom is 0.337 e. The van der Waals surface area contributed by atoms with Crippen molar-refractivity contribution in [2.45, 2.75) is 31.6 Å². The van der Waals surface area contributed by atoms with Gasteiger partial charge in [-0.2, -0.15) is 0 Å². The van der Waals surface area contributed by atoms with Gasteiger partial charge in [0.25, 0.3) is 0 Å². The van der Waals surface area contributed by atoms with Crippen LogP contribution in [0.1, 0.15) is 57.4 Å². The van der Waals surface area contributed by atoms with Gasteiger partial charge in [-0.05, 0) is 42.5 Å². The lowest BCUT2D eigenvalue weighted by atomic mass is 9.72. The number of ether oxygens (including phenoxy) is 1. The van der Waals surface area contributed by atoms with E-state index in [-0.39, 0.29) is 17.6 Å². The number of hydrogen-bond acceptors (Lipinski definition) is 6. The molecule has 1 aliphatic carbocycles. The Morgan fingerprint density at radius 3 is 2.52 bits per heavy atom. The zero-order valence-corrected chi connectivity index (χ0v) is 17.3. The van der Waals surface area contributed by atoms with Crippen molar-refractivity contribution in [3.05, 3.63) is 93.8 Å². The van der Waals surface area contributed by atoms with Gasteiger partial charge in [0.05, 0.1) is 23.9 Å². The fraction of sp³-hybridized carbons (Fsp3) is 0.240. The molecule has 0 saturated carbocycles. The molecule has 0 amide bonds. The highest BCUT2D eigenvalue weighted by atomic mass is 16.5. The Morgan fingerprint density at radius 2 is 1.81 bits per heavy atom. The first-order chi connectivity index (χ1) is 15.1. The normalized spacial score (nSPS) is 20.0. The Labute approximate surface area is 179 Å². The first-order valence-electron chi connectivity index (χ1n) is 10.3. The number of aryl methyl sites for hydroxylation is 1. The second kappa shape index (κ2) is 7.54. The van der Waals surface area contributed by atoms with E-state index in [9.17, 15) is 9.59 Å². The molecule has 2 aliphatic rings. The van der Waals surface area contributed by atoms with Crippen LogP contribution in [0.4, 0.5) is 5.88 Å². The Morgan fingerprint density at radius 1 is 1.06 bits per heavy atom. The second-order valence-electron chi connectivity index (χ2n) is 8.01. The maximum atomic E-state index is 13.4. The van der Waals surface area contributed by atoms with Crippen molar-refractivity contribution in [1.29, 1.82) is 0 Å². The molecule has 1 N–H and O–H groups in total. The molecule has 31 heavy (non-hydrogen) atoms. The highest BCUT2D eigenvalue weighted by molar-refractivity contribution is 6.01. The summed E-state index contributed by atoms with van der Waals surface area (Å²) in [5.74, 6) is 0.148. The van der Waals surface area contributed by atoms with E-state index in [4.69, 9.17) is 9.26 Å². The summed E-state index contributed by atoms with van der Waals surface area (Å²) in [5.41, 5.74) is 5.80. The summed E-state index contributed by atoms with van der Waals surface area (Å²) in [6, 6.07) is 17.3. The minimum absolute atomic E-state index is 0.118. The highest BCUT2D eigenvalue weighted by Gasteiger charge is 2.41. The number of anilines is 1. The van der Waals surface area contributed by atoms with E-state index < -0.39 is 5.97 Å². The summed E-state index contributed by atoms with van der Waals surface area (Å²) in [7, 11) is 1.36. The van der Waals surface area contributed by atoms with E-state index in [1.165, 1.54) is 7.11 Å². The Balaban J connectivity index is 1.59. The minimum Gasteiger partial charge on any atom is -0.465 e. The molecule has 2 aromatic carbocycles. The van der Waals surface area contributed by atoms with Crippen LogP contribution < -0.4 is 5.32 Å². The lowest BCUT2D eigenvalue weighted by Crippen LogP contribution is -2.29. The van der Waals surface area contributed by atoms with Gasteiger partial charge >= 0.3 is 5.97 Å². The number of carbonyl (C=O) groups excluding carboxylic acids is 2. The fourth-order valence-corrected chi connectivity index (χ4v) is 4.70. The van der Waals surface area contributed by atoms with E-state index in [0.29, 0.717) is 17.9 Å². The average Bonchev–Trinajstić information content (AvgIpc) is 3.18. The number of benzene rings is 2. The third-order valence-electron chi connectivity index (χ3n) is 6.19. The van der Waals surface area contributed by atoms with Crippen LogP contribution in [0.5, 0.6) is 0 Å². The summed E-state index contributed by atoms with van der Waals surface area (Å²) < 4.78 is 10.4. The van der Waals surface area contributed by atoms with Gasteiger partial charge in [0, 0.05) is 23.6 Å². The molecule has 3 aromatic rings. The lowest BCUT2D eigenvalue weighted by Gasteiger charge is -2.34. The molecule has 2 atom stereocenters. The molecule has 6 nitrogen and oxygen atoms in total. The van der Waals surface area contributed by atoms with Crippen LogP contribution in [0.15, 0.2) is 70.4 Å². The Kier molecular flexibility index (Phi) is 4.70. The number of rotatable bonds is 3. The summed E-state index contributed by atoms with van der Waals surface area (Å²) in [5, 5.41) is 7.49. The molecule has 1 aliphatic heterocycles. The molecule has 5 rings (SSSR count). The Hall–Kier alpha value is -3.67. The molecule has 0 bridgehead atoms. The number of hydrogen-bond donors (Lipinski definition) is 1. The van der Waals surface area contributed by atoms with Crippen LogP contribution in [0.2, 0.25) is 0 Å².